The van der Waals surface area contributed by atoms with Crippen molar-refractivity contribution in [2.24, 2.45) is 5.92 Å². The van der Waals surface area contributed by atoms with Crippen molar-refractivity contribution in [3.63, 3.8) is 0 Å². The van der Waals surface area contributed by atoms with E-state index in [0.29, 0.717) is 31.2 Å². The van der Waals surface area contributed by atoms with Gasteiger partial charge in [0.05, 0.1) is 6.54 Å². The van der Waals surface area contributed by atoms with E-state index in [1.165, 1.54) is 19.3 Å². The first-order chi connectivity index (χ1) is 11.1. The fraction of sp³-hybridized carbons (Fsp3) is 0.765. The standard InChI is InChI=1S/C17H27FN4O/c1-13-19-17(20-23-13)12-22-10-15(18)8-16(22)11-21(2)9-14-6-4-3-5-7-14/h3-4,14-16H,5-12H2,1-2H3/t14?,15-,16-/m0/s1. The zero-order valence-corrected chi connectivity index (χ0v) is 14.1. The molecule has 0 radical (unpaired) electrons. The molecular weight excluding hydrogens is 295 g/mol. The van der Waals surface area contributed by atoms with Gasteiger partial charge in [0.25, 0.3) is 0 Å². The molecule has 0 saturated carbocycles. The van der Waals surface area contributed by atoms with Crippen LogP contribution in [0.2, 0.25) is 0 Å². The largest absolute Gasteiger partial charge is 0.340 e. The second-order valence-corrected chi connectivity index (χ2v) is 7.02. The highest BCUT2D eigenvalue weighted by atomic mass is 19.1. The Labute approximate surface area is 137 Å². The minimum absolute atomic E-state index is 0.230. The van der Waals surface area contributed by atoms with Gasteiger partial charge in [-0.15, -0.1) is 0 Å². The van der Waals surface area contributed by atoms with E-state index < -0.39 is 6.17 Å². The predicted molar refractivity (Wildman–Crippen MR) is 86.7 cm³/mol. The van der Waals surface area contributed by atoms with Gasteiger partial charge < -0.3 is 9.42 Å². The number of rotatable bonds is 6. The molecule has 0 amide bonds. The van der Waals surface area contributed by atoms with Gasteiger partial charge in [-0.25, -0.2) is 4.39 Å². The molecule has 1 unspecified atom stereocenters. The van der Waals surface area contributed by atoms with Crippen LogP contribution in [0.1, 0.15) is 37.4 Å². The number of halogens is 1. The Hall–Kier alpha value is -1.27. The molecule has 1 aliphatic heterocycles. The molecule has 0 aromatic carbocycles. The van der Waals surface area contributed by atoms with Crippen LogP contribution < -0.4 is 0 Å². The van der Waals surface area contributed by atoms with Gasteiger partial charge >= 0.3 is 0 Å². The molecule has 0 spiro atoms. The number of aryl methyl sites for hydroxylation is 1. The van der Waals surface area contributed by atoms with Crippen LogP contribution in [0.4, 0.5) is 4.39 Å². The fourth-order valence-electron chi connectivity index (χ4n) is 3.79. The molecule has 6 heteroatoms. The third-order valence-electron chi connectivity index (χ3n) is 4.86. The average molecular weight is 322 g/mol. The smallest absolute Gasteiger partial charge is 0.223 e. The average Bonchev–Trinajstić information content (AvgIpc) is 3.06. The number of likely N-dealkylation sites (tertiary alicyclic amines) is 1. The molecule has 1 aliphatic carbocycles. The van der Waals surface area contributed by atoms with E-state index in [1.807, 2.05) is 0 Å². The summed E-state index contributed by atoms with van der Waals surface area (Å²) in [6.07, 6.45) is 8.05. The summed E-state index contributed by atoms with van der Waals surface area (Å²) in [7, 11) is 2.15. The summed E-state index contributed by atoms with van der Waals surface area (Å²) in [5.74, 6) is 1.96. The van der Waals surface area contributed by atoms with Gasteiger partial charge in [-0.2, -0.15) is 4.98 Å². The quantitative estimate of drug-likeness (QED) is 0.753. The summed E-state index contributed by atoms with van der Waals surface area (Å²) in [6.45, 7) is 4.81. The molecule has 128 valence electrons. The Balaban J connectivity index is 1.52. The van der Waals surface area contributed by atoms with Crippen molar-refractivity contribution >= 4 is 0 Å². The summed E-state index contributed by atoms with van der Waals surface area (Å²) in [5, 5.41) is 3.94. The molecular formula is C17H27FN4O. The van der Waals surface area contributed by atoms with Crippen molar-refractivity contribution in [3.05, 3.63) is 23.9 Å². The van der Waals surface area contributed by atoms with E-state index in [-0.39, 0.29) is 6.04 Å². The van der Waals surface area contributed by atoms with Gasteiger partial charge in [0, 0.05) is 32.6 Å². The summed E-state index contributed by atoms with van der Waals surface area (Å²) in [4.78, 5) is 8.76. The van der Waals surface area contributed by atoms with Crippen LogP contribution in [0.5, 0.6) is 0 Å². The van der Waals surface area contributed by atoms with Crippen LogP contribution in [-0.4, -0.2) is 58.8 Å². The minimum Gasteiger partial charge on any atom is -0.340 e. The topological polar surface area (TPSA) is 45.4 Å². The van der Waals surface area contributed by atoms with E-state index >= 15 is 0 Å². The third-order valence-corrected chi connectivity index (χ3v) is 4.86. The maximum atomic E-state index is 13.9. The van der Waals surface area contributed by atoms with Crippen LogP contribution in [0.3, 0.4) is 0 Å². The van der Waals surface area contributed by atoms with Gasteiger partial charge in [-0.05, 0) is 38.6 Å². The molecule has 1 fully saturated rings. The molecule has 2 aliphatic rings. The van der Waals surface area contributed by atoms with Gasteiger partial charge in [-0.1, -0.05) is 17.3 Å². The van der Waals surface area contributed by atoms with Crippen molar-refractivity contribution in [1.29, 1.82) is 0 Å². The summed E-state index contributed by atoms with van der Waals surface area (Å²) in [6, 6.07) is 0.230. The number of aromatic nitrogens is 2. The molecule has 0 bridgehead atoms. The summed E-state index contributed by atoms with van der Waals surface area (Å²) < 4.78 is 18.9. The third kappa shape index (κ3) is 4.61. The molecule has 0 N–H and O–H groups in total. The predicted octanol–water partition coefficient (Wildman–Crippen LogP) is 2.58. The van der Waals surface area contributed by atoms with Crippen molar-refractivity contribution in [1.82, 2.24) is 19.9 Å². The zero-order valence-electron chi connectivity index (χ0n) is 14.1. The first-order valence-corrected chi connectivity index (χ1v) is 8.61. The van der Waals surface area contributed by atoms with E-state index in [2.05, 4.69) is 39.1 Å². The van der Waals surface area contributed by atoms with Crippen LogP contribution in [0.15, 0.2) is 16.7 Å². The molecule has 1 saturated heterocycles. The lowest BCUT2D eigenvalue weighted by Gasteiger charge is -2.30. The summed E-state index contributed by atoms with van der Waals surface area (Å²) >= 11 is 0. The molecule has 2 heterocycles. The van der Waals surface area contributed by atoms with Gasteiger partial charge in [0.15, 0.2) is 5.82 Å². The van der Waals surface area contributed by atoms with Crippen LogP contribution >= 0.6 is 0 Å². The second kappa shape index (κ2) is 7.53. The number of hydrogen-bond donors (Lipinski definition) is 0. The van der Waals surface area contributed by atoms with E-state index in [1.54, 1.807) is 6.92 Å². The highest BCUT2D eigenvalue weighted by molar-refractivity contribution is 4.94. The molecule has 3 atom stereocenters. The first kappa shape index (κ1) is 16.6. The normalized spacial score (nSPS) is 28.8. The number of hydrogen-bond acceptors (Lipinski definition) is 5. The Morgan fingerprint density at radius 2 is 2.26 bits per heavy atom. The molecule has 1 aromatic heterocycles. The monoisotopic (exact) mass is 322 g/mol. The van der Waals surface area contributed by atoms with Crippen LogP contribution in [0.25, 0.3) is 0 Å². The zero-order chi connectivity index (χ0) is 16.2. The molecule has 5 nitrogen and oxygen atoms in total. The Bertz CT molecular complexity index is 532. The van der Waals surface area contributed by atoms with Gasteiger partial charge in [0.1, 0.15) is 6.17 Å². The van der Waals surface area contributed by atoms with Gasteiger partial charge in [-0.3, -0.25) is 4.90 Å². The lowest BCUT2D eigenvalue weighted by molar-refractivity contribution is 0.165. The van der Waals surface area contributed by atoms with Crippen LogP contribution in [0, 0.1) is 12.8 Å². The highest BCUT2D eigenvalue weighted by Crippen LogP contribution is 2.24. The Morgan fingerprint density at radius 3 is 2.96 bits per heavy atom. The molecule has 23 heavy (non-hydrogen) atoms. The maximum Gasteiger partial charge on any atom is 0.223 e. The molecule has 1 aromatic rings. The van der Waals surface area contributed by atoms with E-state index in [4.69, 9.17) is 4.52 Å². The number of nitrogens with zero attached hydrogens (tertiary/aromatic N) is 4. The Morgan fingerprint density at radius 1 is 1.39 bits per heavy atom. The number of likely N-dealkylation sites (N-methyl/N-ethyl adjacent to an activating group) is 1. The van der Waals surface area contributed by atoms with Gasteiger partial charge in [0.2, 0.25) is 5.89 Å². The van der Waals surface area contributed by atoms with Crippen molar-refractivity contribution in [2.75, 3.05) is 26.7 Å². The number of allylic oxidation sites excluding steroid dienone is 2. The van der Waals surface area contributed by atoms with Crippen LogP contribution in [-0.2, 0) is 6.54 Å². The lowest BCUT2D eigenvalue weighted by Crippen LogP contribution is -2.40. The second-order valence-electron chi connectivity index (χ2n) is 7.02. The SMILES string of the molecule is Cc1nc(CN2C[C@@H](F)C[C@H]2CN(C)CC2CC=CCC2)no1. The van der Waals surface area contributed by atoms with E-state index in [0.717, 1.165) is 19.0 Å². The molecule has 3 rings (SSSR count). The summed E-state index contributed by atoms with van der Waals surface area (Å²) in [5.41, 5.74) is 0. The van der Waals surface area contributed by atoms with Crippen molar-refractivity contribution in [3.8, 4) is 0 Å². The van der Waals surface area contributed by atoms with E-state index in [9.17, 15) is 4.39 Å². The van der Waals surface area contributed by atoms with Crippen molar-refractivity contribution in [2.45, 2.75) is 51.4 Å². The lowest BCUT2D eigenvalue weighted by atomic mass is 9.94. The highest BCUT2D eigenvalue weighted by Gasteiger charge is 2.33. The van der Waals surface area contributed by atoms with Crippen molar-refractivity contribution < 1.29 is 8.91 Å². The maximum absolute atomic E-state index is 13.9. The Kier molecular flexibility index (Phi) is 5.43. The minimum atomic E-state index is -0.751. The first-order valence-electron chi connectivity index (χ1n) is 8.61. The number of alkyl halides is 1. The fourth-order valence-corrected chi connectivity index (χ4v) is 3.79.